The summed E-state index contributed by atoms with van der Waals surface area (Å²) in [5.74, 6) is -0.901. The van der Waals surface area contributed by atoms with Crippen LogP contribution in [0, 0.1) is 0 Å². The van der Waals surface area contributed by atoms with Crippen molar-refractivity contribution in [2.45, 2.75) is 31.3 Å². The zero-order valence-electron chi connectivity index (χ0n) is 18.5. The number of carbonyl (C=O) groups is 2. The molecule has 0 radical (unpaired) electrons. The number of rotatable bonds is 10. The van der Waals surface area contributed by atoms with E-state index in [4.69, 9.17) is 34.7 Å². The average molecular weight is 500 g/mol. The SMILES string of the molecule is Nc1ccc(CNC(=O)[C@@H](CNC(=O)[C@H](N)CCc2ccccc2)c2ccc(Cl)c(Cl)c2)cn1. The van der Waals surface area contributed by atoms with Crippen LogP contribution >= 0.6 is 23.2 Å². The second-order valence-corrected chi connectivity index (χ2v) is 8.73. The predicted molar refractivity (Wildman–Crippen MR) is 135 cm³/mol. The van der Waals surface area contributed by atoms with Gasteiger partial charge < -0.3 is 22.1 Å². The number of aromatic nitrogens is 1. The van der Waals surface area contributed by atoms with Gasteiger partial charge in [0.2, 0.25) is 11.8 Å². The van der Waals surface area contributed by atoms with E-state index in [9.17, 15) is 9.59 Å². The second-order valence-electron chi connectivity index (χ2n) is 7.91. The van der Waals surface area contributed by atoms with E-state index in [1.165, 1.54) is 0 Å². The molecular formula is C25H27Cl2N5O2. The van der Waals surface area contributed by atoms with E-state index >= 15 is 0 Å². The fourth-order valence-electron chi connectivity index (χ4n) is 3.38. The van der Waals surface area contributed by atoms with E-state index in [2.05, 4.69) is 15.6 Å². The zero-order chi connectivity index (χ0) is 24.5. The molecule has 2 aromatic carbocycles. The van der Waals surface area contributed by atoms with E-state index in [0.29, 0.717) is 34.3 Å². The number of nitrogens with one attached hydrogen (secondary N) is 2. The van der Waals surface area contributed by atoms with Crippen LogP contribution < -0.4 is 22.1 Å². The molecule has 3 aromatic rings. The molecule has 0 saturated heterocycles. The van der Waals surface area contributed by atoms with Gasteiger partial charge in [-0.2, -0.15) is 0 Å². The number of carbonyl (C=O) groups excluding carboxylic acids is 2. The Kier molecular flexibility index (Phi) is 9.27. The Morgan fingerprint density at radius 3 is 2.35 bits per heavy atom. The molecule has 0 spiro atoms. The summed E-state index contributed by atoms with van der Waals surface area (Å²) < 4.78 is 0. The number of pyridine rings is 1. The van der Waals surface area contributed by atoms with Crippen molar-refractivity contribution >= 4 is 40.8 Å². The van der Waals surface area contributed by atoms with Gasteiger partial charge in [0.25, 0.3) is 0 Å². The van der Waals surface area contributed by atoms with Gasteiger partial charge in [-0.25, -0.2) is 4.98 Å². The van der Waals surface area contributed by atoms with Crippen LogP contribution in [0.3, 0.4) is 0 Å². The monoisotopic (exact) mass is 499 g/mol. The number of hydrogen-bond donors (Lipinski definition) is 4. The van der Waals surface area contributed by atoms with Crippen molar-refractivity contribution in [3.05, 3.63) is 93.6 Å². The lowest BCUT2D eigenvalue weighted by molar-refractivity contribution is -0.124. The average Bonchev–Trinajstić information content (AvgIpc) is 2.84. The van der Waals surface area contributed by atoms with Crippen molar-refractivity contribution in [1.29, 1.82) is 0 Å². The first kappa shape index (κ1) is 25.5. The number of nitrogens with zero attached hydrogens (tertiary/aromatic N) is 1. The first-order valence-electron chi connectivity index (χ1n) is 10.8. The first-order valence-corrected chi connectivity index (χ1v) is 11.6. The Labute approximate surface area is 208 Å². The normalized spacial score (nSPS) is 12.6. The summed E-state index contributed by atoms with van der Waals surface area (Å²) >= 11 is 12.2. The quantitative estimate of drug-likeness (QED) is 0.340. The van der Waals surface area contributed by atoms with Crippen LogP contribution in [0.5, 0.6) is 0 Å². The summed E-state index contributed by atoms with van der Waals surface area (Å²) in [5.41, 5.74) is 14.2. The van der Waals surface area contributed by atoms with Crippen molar-refractivity contribution in [2.75, 3.05) is 12.3 Å². The van der Waals surface area contributed by atoms with Crippen molar-refractivity contribution < 1.29 is 9.59 Å². The Balaban J connectivity index is 1.64. The minimum Gasteiger partial charge on any atom is -0.384 e. The Hall–Kier alpha value is -3.13. The largest absolute Gasteiger partial charge is 0.384 e. The summed E-state index contributed by atoms with van der Waals surface area (Å²) in [5, 5.41) is 6.38. The van der Waals surface area contributed by atoms with Gasteiger partial charge in [0.05, 0.1) is 22.0 Å². The van der Waals surface area contributed by atoms with Crippen LogP contribution in [0.4, 0.5) is 5.82 Å². The fraction of sp³-hybridized carbons (Fsp3) is 0.240. The minimum absolute atomic E-state index is 0.0572. The molecule has 0 fully saturated rings. The Morgan fingerprint density at radius 2 is 1.68 bits per heavy atom. The highest BCUT2D eigenvalue weighted by Crippen LogP contribution is 2.26. The molecule has 1 aromatic heterocycles. The van der Waals surface area contributed by atoms with Crippen LogP contribution in [0.15, 0.2) is 66.9 Å². The summed E-state index contributed by atoms with van der Waals surface area (Å²) in [7, 11) is 0. The van der Waals surface area contributed by atoms with E-state index in [1.807, 2.05) is 30.3 Å². The van der Waals surface area contributed by atoms with E-state index < -0.39 is 12.0 Å². The summed E-state index contributed by atoms with van der Waals surface area (Å²) in [6.07, 6.45) is 2.77. The van der Waals surface area contributed by atoms with Crippen molar-refractivity contribution in [3.8, 4) is 0 Å². The fourth-order valence-corrected chi connectivity index (χ4v) is 3.68. The van der Waals surface area contributed by atoms with E-state index in [-0.39, 0.29) is 24.9 Å². The molecule has 0 bridgehead atoms. The molecule has 2 amide bonds. The molecule has 178 valence electrons. The Bertz CT molecular complexity index is 1110. The molecule has 7 nitrogen and oxygen atoms in total. The smallest absolute Gasteiger partial charge is 0.236 e. The highest BCUT2D eigenvalue weighted by Gasteiger charge is 2.23. The lowest BCUT2D eigenvalue weighted by Crippen LogP contribution is -2.44. The number of anilines is 1. The van der Waals surface area contributed by atoms with Gasteiger partial charge in [-0.05, 0) is 47.7 Å². The highest BCUT2D eigenvalue weighted by atomic mass is 35.5. The molecule has 0 aliphatic heterocycles. The van der Waals surface area contributed by atoms with Crippen LogP contribution in [-0.4, -0.2) is 29.4 Å². The number of nitrogen functional groups attached to an aromatic ring is 1. The van der Waals surface area contributed by atoms with E-state index in [0.717, 1.165) is 11.1 Å². The molecule has 3 rings (SSSR count). The number of aryl methyl sites for hydroxylation is 1. The summed E-state index contributed by atoms with van der Waals surface area (Å²) in [6, 6.07) is 17.5. The van der Waals surface area contributed by atoms with Gasteiger partial charge >= 0.3 is 0 Å². The van der Waals surface area contributed by atoms with Gasteiger partial charge in [-0.1, -0.05) is 65.7 Å². The number of halogens is 2. The maximum atomic E-state index is 13.1. The zero-order valence-corrected chi connectivity index (χ0v) is 20.0. The molecule has 0 aliphatic carbocycles. The number of hydrogen-bond acceptors (Lipinski definition) is 5. The molecule has 6 N–H and O–H groups in total. The van der Waals surface area contributed by atoms with Crippen molar-refractivity contribution in [1.82, 2.24) is 15.6 Å². The van der Waals surface area contributed by atoms with Crippen LogP contribution in [0.25, 0.3) is 0 Å². The van der Waals surface area contributed by atoms with Gasteiger partial charge in [-0.15, -0.1) is 0 Å². The third-order valence-electron chi connectivity index (χ3n) is 5.38. The van der Waals surface area contributed by atoms with Crippen molar-refractivity contribution in [3.63, 3.8) is 0 Å². The molecule has 9 heteroatoms. The van der Waals surface area contributed by atoms with E-state index in [1.54, 1.807) is 36.5 Å². The summed E-state index contributed by atoms with van der Waals surface area (Å²) in [4.78, 5) is 29.7. The van der Waals surface area contributed by atoms with Crippen LogP contribution in [0.1, 0.15) is 29.0 Å². The third kappa shape index (κ3) is 7.45. The lowest BCUT2D eigenvalue weighted by Gasteiger charge is -2.20. The van der Waals surface area contributed by atoms with Crippen LogP contribution in [0.2, 0.25) is 10.0 Å². The molecule has 0 aliphatic rings. The van der Waals surface area contributed by atoms with Gasteiger partial charge in [0.15, 0.2) is 0 Å². The molecule has 1 heterocycles. The molecule has 0 saturated carbocycles. The van der Waals surface area contributed by atoms with Gasteiger partial charge in [-0.3, -0.25) is 9.59 Å². The lowest BCUT2D eigenvalue weighted by atomic mass is 9.97. The van der Waals surface area contributed by atoms with Crippen molar-refractivity contribution in [2.24, 2.45) is 5.73 Å². The molecule has 0 unspecified atom stereocenters. The molecular weight excluding hydrogens is 473 g/mol. The van der Waals surface area contributed by atoms with Gasteiger partial charge in [0.1, 0.15) is 5.82 Å². The standard InChI is InChI=1S/C25H27Cl2N5O2/c26-20-9-8-18(12-21(20)27)19(24(33)31-14-17-7-11-23(29)30-13-17)15-32-25(34)22(28)10-6-16-4-2-1-3-5-16/h1-5,7-9,11-13,19,22H,6,10,14-15,28H2,(H2,29,30)(H,31,33)(H,32,34)/t19-,22+/m0/s1. The first-order chi connectivity index (χ1) is 16.3. The maximum Gasteiger partial charge on any atom is 0.236 e. The second kappa shape index (κ2) is 12.4. The van der Waals surface area contributed by atoms with Gasteiger partial charge in [0, 0.05) is 19.3 Å². The number of benzene rings is 2. The topological polar surface area (TPSA) is 123 Å². The number of amides is 2. The highest BCUT2D eigenvalue weighted by molar-refractivity contribution is 6.42. The molecule has 34 heavy (non-hydrogen) atoms. The van der Waals surface area contributed by atoms with Crippen LogP contribution in [-0.2, 0) is 22.6 Å². The Morgan fingerprint density at radius 1 is 0.912 bits per heavy atom. The third-order valence-corrected chi connectivity index (χ3v) is 6.12. The molecule has 2 atom stereocenters. The predicted octanol–water partition coefficient (Wildman–Crippen LogP) is 3.45. The minimum atomic E-state index is -0.696. The summed E-state index contributed by atoms with van der Waals surface area (Å²) in [6.45, 7) is 0.316. The maximum absolute atomic E-state index is 13.1. The number of nitrogens with two attached hydrogens (primary N) is 2.